The van der Waals surface area contributed by atoms with E-state index >= 15 is 0 Å². The van der Waals surface area contributed by atoms with Crippen molar-refractivity contribution in [2.75, 3.05) is 19.6 Å². The van der Waals surface area contributed by atoms with Crippen molar-refractivity contribution in [1.29, 1.82) is 0 Å². The smallest absolute Gasteiger partial charge is 0.310 e. The molecule has 5 heteroatoms. The topological polar surface area (TPSA) is 69.6 Å². The first-order valence-corrected chi connectivity index (χ1v) is 6.10. The Labute approximate surface area is 102 Å². The van der Waals surface area contributed by atoms with Crippen molar-refractivity contribution in [3.63, 3.8) is 0 Å². The van der Waals surface area contributed by atoms with Gasteiger partial charge in [-0.15, -0.1) is 0 Å². The van der Waals surface area contributed by atoms with Gasteiger partial charge in [-0.25, -0.2) is 0 Å². The number of amides is 1. The third-order valence-electron chi connectivity index (χ3n) is 3.22. The van der Waals surface area contributed by atoms with Gasteiger partial charge in [-0.1, -0.05) is 0 Å². The lowest BCUT2D eigenvalue weighted by molar-refractivity contribution is -0.147. The second kappa shape index (κ2) is 5.49. The maximum absolute atomic E-state index is 11.9. The van der Waals surface area contributed by atoms with Crippen LogP contribution in [0, 0.1) is 5.41 Å². The van der Waals surface area contributed by atoms with E-state index < -0.39 is 11.4 Å². The minimum atomic E-state index is -0.856. The molecule has 1 atom stereocenters. The summed E-state index contributed by atoms with van der Waals surface area (Å²) in [7, 11) is 0. The third-order valence-corrected chi connectivity index (χ3v) is 3.22. The van der Waals surface area contributed by atoms with Crippen molar-refractivity contribution in [2.45, 2.75) is 39.7 Å². The number of carbonyl (C=O) groups is 2. The van der Waals surface area contributed by atoms with E-state index in [1.54, 1.807) is 20.8 Å². The van der Waals surface area contributed by atoms with E-state index in [0.717, 1.165) is 25.9 Å². The van der Waals surface area contributed by atoms with E-state index in [9.17, 15) is 9.59 Å². The van der Waals surface area contributed by atoms with E-state index in [0.29, 0.717) is 6.54 Å². The van der Waals surface area contributed by atoms with E-state index in [1.807, 2.05) is 4.90 Å². The lowest BCUT2D eigenvalue weighted by Gasteiger charge is -2.25. The Morgan fingerprint density at radius 1 is 1.35 bits per heavy atom. The first-order chi connectivity index (χ1) is 7.84. The van der Waals surface area contributed by atoms with E-state index in [2.05, 4.69) is 5.32 Å². The van der Waals surface area contributed by atoms with Gasteiger partial charge in [0, 0.05) is 19.6 Å². The van der Waals surface area contributed by atoms with Crippen molar-refractivity contribution in [3.05, 3.63) is 0 Å². The number of carboxylic acid groups (broad SMARTS) is 1. The van der Waals surface area contributed by atoms with Crippen LogP contribution in [0.4, 0.5) is 0 Å². The van der Waals surface area contributed by atoms with Crippen molar-refractivity contribution in [3.8, 4) is 0 Å². The molecule has 2 N–H and O–H groups in total. The van der Waals surface area contributed by atoms with E-state index in [4.69, 9.17) is 5.11 Å². The molecule has 0 spiro atoms. The van der Waals surface area contributed by atoms with Gasteiger partial charge in [-0.3, -0.25) is 9.59 Å². The monoisotopic (exact) mass is 242 g/mol. The third kappa shape index (κ3) is 3.70. The van der Waals surface area contributed by atoms with Gasteiger partial charge in [0.05, 0.1) is 11.5 Å². The summed E-state index contributed by atoms with van der Waals surface area (Å²) in [6.07, 6.45) is 2.14. The number of hydrogen-bond acceptors (Lipinski definition) is 3. The summed E-state index contributed by atoms with van der Waals surface area (Å²) in [5.74, 6) is -0.783. The van der Waals surface area contributed by atoms with Crippen LogP contribution < -0.4 is 5.32 Å². The molecule has 17 heavy (non-hydrogen) atoms. The fourth-order valence-electron chi connectivity index (χ4n) is 1.78. The Balaban J connectivity index is 2.41. The number of rotatable bonds is 5. The van der Waals surface area contributed by atoms with Gasteiger partial charge >= 0.3 is 5.97 Å². The normalized spacial score (nSPS) is 18.2. The molecule has 0 bridgehead atoms. The Morgan fingerprint density at radius 2 is 1.88 bits per heavy atom. The molecule has 0 saturated carbocycles. The fourth-order valence-corrected chi connectivity index (χ4v) is 1.78. The summed E-state index contributed by atoms with van der Waals surface area (Å²) < 4.78 is 0. The van der Waals surface area contributed by atoms with Gasteiger partial charge < -0.3 is 15.3 Å². The number of aliphatic carboxylic acids is 1. The average molecular weight is 242 g/mol. The molecular weight excluding hydrogens is 220 g/mol. The summed E-state index contributed by atoms with van der Waals surface area (Å²) in [5, 5.41) is 12.0. The molecule has 1 heterocycles. The van der Waals surface area contributed by atoms with Gasteiger partial charge in [0.1, 0.15) is 0 Å². The summed E-state index contributed by atoms with van der Waals surface area (Å²) in [4.78, 5) is 24.7. The zero-order valence-corrected chi connectivity index (χ0v) is 10.8. The predicted molar refractivity (Wildman–Crippen MR) is 64.7 cm³/mol. The maximum atomic E-state index is 11.9. The highest BCUT2D eigenvalue weighted by Gasteiger charge is 2.29. The predicted octanol–water partition coefficient (Wildman–Crippen LogP) is 0.698. The fraction of sp³-hybridized carbons (Fsp3) is 0.833. The number of nitrogens with zero attached hydrogens (tertiary/aromatic N) is 1. The Bertz CT molecular complexity index is 296. The van der Waals surface area contributed by atoms with Crippen LogP contribution in [0.1, 0.15) is 33.6 Å². The van der Waals surface area contributed by atoms with E-state index in [1.165, 1.54) is 0 Å². The maximum Gasteiger partial charge on any atom is 0.310 e. The van der Waals surface area contributed by atoms with E-state index in [-0.39, 0.29) is 11.9 Å². The number of hydrogen-bond donors (Lipinski definition) is 2. The van der Waals surface area contributed by atoms with Crippen LogP contribution in [0.5, 0.6) is 0 Å². The molecule has 1 fully saturated rings. The molecule has 0 aromatic heterocycles. The first-order valence-electron chi connectivity index (χ1n) is 6.10. The van der Waals surface area contributed by atoms with Gasteiger partial charge in [0.15, 0.2) is 0 Å². The molecule has 1 rings (SSSR count). The van der Waals surface area contributed by atoms with Crippen LogP contribution in [0.25, 0.3) is 0 Å². The van der Waals surface area contributed by atoms with Crippen molar-refractivity contribution < 1.29 is 14.7 Å². The summed E-state index contributed by atoms with van der Waals surface area (Å²) in [6.45, 7) is 7.03. The number of nitrogens with one attached hydrogen (secondary N) is 1. The number of carboxylic acids is 1. The molecule has 1 saturated heterocycles. The standard InChI is InChI=1S/C12H22N2O3/c1-9(10(15)14-6-4-5-7-14)13-8-12(2,3)11(16)17/h9,13H,4-8H2,1-3H3,(H,16,17). The summed E-state index contributed by atoms with van der Waals surface area (Å²) in [6, 6.07) is -0.313. The zero-order chi connectivity index (χ0) is 13.1. The zero-order valence-electron chi connectivity index (χ0n) is 10.8. The van der Waals surface area contributed by atoms with Crippen LogP contribution in [0.2, 0.25) is 0 Å². The molecule has 5 nitrogen and oxygen atoms in total. The van der Waals surface area contributed by atoms with Crippen molar-refractivity contribution in [1.82, 2.24) is 10.2 Å². The van der Waals surface area contributed by atoms with Crippen LogP contribution in [-0.4, -0.2) is 47.6 Å². The van der Waals surface area contributed by atoms with Crippen LogP contribution in [0.15, 0.2) is 0 Å². The minimum Gasteiger partial charge on any atom is -0.481 e. The second-order valence-electron chi connectivity index (χ2n) is 5.32. The van der Waals surface area contributed by atoms with Gasteiger partial charge in [-0.05, 0) is 33.6 Å². The highest BCUT2D eigenvalue weighted by atomic mass is 16.4. The number of carbonyl (C=O) groups excluding carboxylic acids is 1. The molecule has 1 aliphatic rings. The van der Waals surface area contributed by atoms with Gasteiger partial charge in [0.2, 0.25) is 5.91 Å². The molecule has 1 aliphatic heterocycles. The SMILES string of the molecule is CC(NCC(C)(C)C(=O)O)C(=O)N1CCCC1. The Hall–Kier alpha value is -1.10. The van der Waals surface area contributed by atoms with Gasteiger partial charge in [0.25, 0.3) is 0 Å². The largest absolute Gasteiger partial charge is 0.481 e. The minimum absolute atomic E-state index is 0.0729. The average Bonchev–Trinajstić information content (AvgIpc) is 2.78. The quantitative estimate of drug-likeness (QED) is 0.744. The molecule has 1 amide bonds. The highest BCUT2D eigenvalue weighted by Crippen LogP contribution is 2.14. The van der Waals surface area contributed by atoms with Crippen LogP contribution in [-0.2, 0) is 9.59 Å². The Morgan fingerprint density at radius 3 is 2.35 bits per heavy atom. The molecule has 0 aromatic carbocycles. The first kappa shape index (κ1) is 14.0. The molecule has 98 valence electrons. The molecule has 0 aliphatic carbocycles. The van der Waals surface area contributed by atoms with Crippen LogP contribution in [0.3, 0.4) is 0 Å². The molecule has 0 radical (unpaired) electrons. The summed E-state index contributed by atoms with van der Waals surface area (Å²) in [5.41, 5.74) is -0.848. The second-order valence-corrected chi connectivity index (χ2v) is 5.32. The molecular formula is C12H22N2O3. The van der Waals surface area contributed by atoms with Gasteiger partial charge in [-0.2, -0.15) is 0 Å². The molecule has 1 unspecified atom stereocenters. The highest BCUT2D eigenvalue weighted by molar-refractivity contribution is 5.82. The summed E-state index contributed by atoms with van der Waals surface area (Å²) >= 11 is 0. The Kier molecular flexibility index (Phi) is 4.51. The van der Waals surface area contributed by atoms with Crippen molar-refractivity contribution >= 4 is 11.9 Å². The lowest BCUT2D eigenvalue weighted by atomic mass is 9.93. The lowest BCUT2D eigenvalue weighted by Crippen LogP contribution is -2.47. The van der Waals surface area contributed by atoms with Crippen molar-refractivity contribution in [2.24, 2.45) is 5.41 Å². The van der Waals surface area contributed by atoms with Crippen LogP contribution >= 0.6 is 0 Å². The molecule has 0 aromatic rings. The number of likely N-dealkylation sites (tertiary alicyclic amines) is 1.